The van der Waals surface area contributed by atoms with Crippen molar-refractivity contribution in [1.29, 1.82) is 0 Å². The molecule has 256 valence electrons. The SMILES string of the molecule is CC(O)C(=O)OCc1ccc(OC(=O)Oc2ccc(C(C)(C)c3ccc(OC(=O)Oc4ccc(COC(=O)C(C)O)cc4)cc3)cc2)cc1. The third kappa shape index (κ3) is 10.6. The van der Waals surface area contributed by atoms with E-state index < -0.39 is 41.9 Å². The van der Waals surface area contributed by atoms with Crippen molar-refractivity contribution < 1.29 is 57.8 Å². The van der Waals surface area contributed by atoms with Crippen LogP contribution in [0.3, 0.4) is 0 Å². The molecule has 4 aromatic rings. The molecule has 2 atom stereocenters. The zero-order chi connectivity index (χ0) is 35.6. The van der Waals surface area contributed by atoms with E-state index in [1.165, 1.54) is 38.1 Å². The third-order valence-electron chi connectivity index (χ3n) is 7.25. The molecule has 0 aliphatic rings. The van der Waals surface area contributed by atoms with Gasteiger partial charge in [-0.25, -0.2) is 19.2 Å². The lowest BCUT2D eigenvalue weighted by Crippen LogP contribution is -2.19. The molecule has 0 aliphatic carbocycles. The summed E-state index contributed by atoms with van der Waals surface area (Å²) < 4.78 is 31.0. The average molecular weight is 673 g/mol. The van der Waals surface area contributed by atoms with Gasteiger partial charge >= 0.3 is 24.2 Å². The minimum absolute atomic E-state index is 0.0308. The monoisotopic (exact) mass is 672 g/mol. The Labute approximate surface area is 282 Å². The highest BCUT2D eigenvalue weighted by atomic mass is 16.7. The first kappa shape index (κ1) is 36.1. The number of ether oxygens (including phenoxy) is 6. The van der Waals surface area contributed by atoms with Crippen molar-refractivity contribution in [2.24, 2.45) is 0 Å². The Balaban J connectivity index is 1.26. The second kappa shape index (κ2) is 16.4. The molecule has 0 saturated heterocycles. The molecule has 0 spiro atoms. The van der Waals surface area contributed by atoms with Crippen molar-refractivity contribution >= 4 is 24.2 Å². The summed E-state index contributed by atoms with van der Waals surface area (Å²) in [5.74, 6) is -0.439. The maximum Gasteiger partial charge on any atom is 0.519 e. The molecule has 2 N–H and O–H groups in total. The number of carbonyl (C=O) groups is 4. The number of hydrogen-bond donors (Lipinski definition) is 2. The first-order chi connectivity index (χ1) is 23.3. The van der Waals surface area contributed by atoms with Crippen LogP contribution in [0.4, 0.5) is 9.59 Å². The highest BCUT2D eigenvalue weighted by Gasteiger charge is 2.24. The molecule has 4 aromatic carbocycles. The molecule has 0 aromatic heterocycles. The number of aliphatic hydroxyl groups excluding tert-OH is 2. The summed E-state index contributed by atoms with van der Waals surface area (Å²) in [6.07, 6.45) is -4.28. The van der Waals surface area contributed by atoms with Crippen LogP contribution in [0.25, 0.3) is 0 Å². The van der Waals surface area contributed by atoms with Crippen molar-refractivity contribution in [1.82, 2.24) is 0 Å². The molecule has 2 unspecified atom stereocenters. The Bertz CT molecular complexity index is 1600. The van der Waals surface area contributed by atoms with Gasteiger partial charge in [0.05, 0.1) is 0 Å². The van der Waals surface area contributed by atoms with Gasteiger partial charge in [0.15, 0.2) is 0 Å². The Morgan fingerprint density at radius 3 is 1.04 bits per heavy atom. The standard InChI is InChI=1S/C37H36O12/c1-23(38)33(40)44-21-25-5-13-29(14-6-25)46-35(42)48-31-17-9-27(10-18-31)37(3,4)28-11-19-32(20-12-28)49-36(43)47-30-15-7-26(8-16-30)22-45-34(41)24(2)39/h5-20,23-24,38-39H,21-22H2,1-4H3. The zero-order valence-electron chi connectivity index (χ0n) is 27.3. The van der Waals surface area contributed by atoms with Crippen molar-refractivity contribution in [3.63, 3.8) is 0 Å². The Morgan fingerprint density at radius 1 is 0.510 bits per heavy atom. The summed E-state index contributed by atoms with van der Waals surface area (Å²) in [6.45, 7) is 6.61. The van der Waals surface area contributed by atoms with Crippen LogP contribution in [-0.4, -0.2) is 46.7 Å². The number of benzene rings is 4. The molecule has 12 heteroatoms. The Morgan fingerprint density at radius 2 is 0.776 bits per heavy atom. The van der Waals surface area contributed by atoms with E-state index in [0.29, 0.717) is 11.1 Å². The summed E-state index contributed by atoms with van der Waals surface area (Å²) in [5.41, 5.74) is 2.69. The first-order valence-electron chi connectivity index (χ1n) is 15.2. The number of esters is 2. The minimum atomic E-state index is -1.21. The van der Waals surface area contributed by atoms with E-state index in [0.717, 1.165) is 11.1 Å². The fraction of sp³-hybridized carbons (Fsp3) is 0.243. The predicted octanol–water partition coefficient (Wildman–Crippen LogP) is 6.02. The molecule has 0 aliphatic heterocycles. The van der Waals surface area contributed by atoms with E-state index in [9.17, 15) is 29.4 Å². The minimum Gasteiger partial charge on any atom is -0.459 e. The van der Waals surface area contributed by atoms with Crippen LogP contribution in [-0.2, 0) is 37.7 Å². The van der Waals surface area contributed by atoms with E-state index >= 15 is 0 Å². The maximum atomic E-state index is 12.3. The molecule has 0 amide bonds. The van der Waals surface area contributed by atoms with E-state index in [-0.39, 0.29) is 36.2 Å². The van der Waals surface area contributed by atoms with Crippen LogP contribution in [0.15, 0.2) is 97.1 Å². The second-order valence-corrected chi connectivity index (χ2v) is 11.4. The van der Waals surface area contributed by atoms with Crippen molar-refractivity contribution in [3.05, 3.63) is 119 Å². The molecule has 4 rings (SSSR count). The summed E-state index contributed by atoms with van der Waals surface area (Å²) >= 11 is 0. The molecule has 0 fully saturated rings. The van der Waals surface area contributed by atoms with Gasteiger partial charge in [0, 0.05) is 5.41 Å². The van der Waals surface area contributed by atoms with Crippen molar-refractivity contribution in [3.8, 4) is 23.0 Å². The van der Waals surface area contributed by atoms with Gasteiger partial charge in [0.25, 0.3) is 0 Å². The van der Waals surface area contributed by atoms with Gasteiger partial charge in [0.1, 0.15) is 48.4 Å². The highest BCUT2D eigenvalue weighted by molar-refractivity contribution is 5.74. The smallest absolute Gasteiger partial charge is 0.459 e. The fourth-order valence-corrected chi connectivity index (χ4v) is 4.33. The molecule has 0 saturated carbocycles. The predicted molar refractivity (Wildman–Crippen MR) is 174 cm³/mol. The number of rotatable bonds is 12. The van der Waals surface area contributed by atoms with Crippen LogP contribution in [0, 0.1) is 0 Å². The lowest BCUT2D eigenvalue weighted by Gasteiger charge is -2.26. The normalized spacial score (nSPS) is 12.2. The number of hydrogen-bond acceptors (Lipinski definition) is 12. The van der Waals surface area contributed by atoms with Gasteiger partial charge < -0.3 is 38.6 Å². The van der Waals surface area contributed by atoms with Crippen LogP contribution in [0.5, 0.6) is 23.0 Å². The van der Waals surface area contributed by atoms with E-state index in [4.69, 9.17) is 28.4 Å². The van der Waals surface area contributed by atoms with Crippen LogP contribution in [0.2, 0.25) is 0 Å². The van der Waals surface area contributed by atoms with Gasteiger partial charge in [-0.1, -0.05) is 62.4 Å². The summed E-state index contributed by atoms with van der Waals surface area (Å²) in [5, 5.41) is 18.4. The van der Waals surface area contributed by atoms with Crippen molar-refractivity contribution in [2.75, 3.05) is 0 Å². The summed E-state index contributed by atoms with van der Waals surface area (Å²) in [7, 11) is 0. The van der Waals surface area contributed by atoms with Crippen LogP contribution < -0.4 is 18.9 Å². The quantitative estimate of drug-likeness (QED) is 0.133. The lowest BCUT2D eigenvalue weighted by atomic mass is 9.78. The molecule has 12 nitrogen and oxygen atoms in total. The van der Waals surface area contributed by atoms with E-state index in [1.54, 1.807) is 48.5 Å². The maximum absolute atomic E-state index is 12.3. The van der Waals surface area contributed by atoms with Crippen molar-refractivity contribution in [2.45, 2.75) is 58.5 Å². The Hall–Kier alpha value is -5.72. The summed E-state index contributed by atoms with van der Waals surface area (Å²) in [6, 6.07) is 26.5. The van der Waals surface area contributed by atoms with Crippen LogP contribution in [0.1, 0.15) is 49.9 Å². The third-order valence-corrected chi connectivity index (χ3v) is 7.25. The average Bonchev–Trinajstić information content (AvgIpc) is 3.07. The van der Waals surface area contributed by atoms with Gasteiger partial charge in [-0.3, -0.25) is 0 Å². The second-order valence-electron chi connectivity index (χ2n) is 11.4. The number of carbonyl (C=O) groups excluding carboxylic acids is 4. The van der Waals surface area contributed by atoms with E-state index in [1.807, 2.05) is 38.1 Å². The molecule has 0 heterocycles. The molecular formula is C37H36O12. The number of aliphatic hydroxyl groups is 2. The van der Waals surface area contributed by atoms with Gasteiger partial charge in [-0.05, 0) is 84.6 Å². The molecule has 0 radical (unpaired) electrons. The molecule has 0 bridgehead atoms. The van der Waals surface area contributed by atoms with Gasteiger partial charge in [-0.2, -0.15) is 0 Å². The fourth-order valence-electron chi connectivity index (χ4n) is 4.33. The molecule has 49 heavy (non-hydrogen) atoms. The zero-order valence-corrected chi connectivity index (χ0v) is 27.3. The highest BCUT2D eigenvalue weighted by Crippen LogP contribution is 2.33. The van der Waals surface area contributed by atoms with Crippen LogP contribution >= 0.6 is 0 Å². The largest absolute Gasteiger partial charge is 0.519 e. The summed E-state index contributed by atoms with van der Waals surface area (Å²) in [4.78, 5) is 47.5. The van der Waals surface area contributed by atoms with Gasteiger partial charge in [-0.15, -0.1) is 0 Å². The molecular weight excluding hydrogens is 636 g/mol. The lowest BCUT2D eigenvalue weighted by molar-refractivity contribution is -0.154. The Kier molecular flexibility index (Phi) is 12.1. The first-order valence-corrected chi connectivity index (χ1v) is 15.2. The van der Waals surface area contributed by atoms with E-state index in [2.05, 4.69) is 0 Å². The topological polar surface area (TPSA) is 164 Å². The van der Waals surface area contributed by atoms with Gasteiger partial charge in [0.2, 0.25) is 0 Å².